The molecule has 0 unspecified atom stereocenters. The second kappa shape index (κ2) is 6.23. The van der Waals surface area contributed by atoms with Gasteiger partial charge in [-0.3, -0.25) is 9.59 Å². The van der Waals surface area contributed by atoms with Gasteiger partial charge in [0.15, 0.2) is 0 Å². The zero-order chi connectivity index (χ0) is 13.7. The highest BCUT2D eigenvalue weighted by Gasteiger charge is 2.27. The molecule has 1 aliphatic rings. The highest BCUT2D eigenvalue weighted by molar-refractivity contribution is 5.78. The number of aliphatic carboxylic acids is 1. The van der Waals surface area contributed by atoms with E-state index in [4.69, 9.17) is 10.8 Å². The van der Waals surface area contributed by atoms with Crippen LogP contribution >= 0.6 is 0 Å². The molecule has 0 aromatic carbocycles. The minimum Gasteiger partial charge on any atom is -0.481 e. The number of nitrogens with two attached hydrogens (primary N) is 1. The summed E-state index contributed by atoms with van der Waals surface area (Å²) in [6.45, 7) is 1.16. The van der Waals surface area contributed by atoms with E-state index >= 15 is 0 Å². The standard InChI is InChI=1S/C11H19N3O4/c1-13(5-4-9(15)16)11(18)14-6-2-8(3-7-14)10(12)17/h8H,2-7H2,1H3,(H2,12,17)(H,15,16). The monoisotopic (exact) mass is 257 g/mol. The minimum absolute atomic E-state index is 0.0695. The molecule has 1 saturated heterocycles. The van der Waals surface area contributed by atoms with Crippen molar-refractivity contribution in [3.8, 4) is 0 Å². The Bertz CT molecular complexity index is 337. The molecule has 0 saturated carbocycles. The maximum atomic E-state index is 11.9. The summed E-state index contributed by atoms with van der Waals surface area (Å²) in [5.74, 6) is -1.40. The molecule has 7 nitrogen and oxygen atoms in total. The van der Waals surface area contributed by atoms with E-state index in [1.165, 1.54) is 4.90 Å². The summed E-state index contributed by atoms with van der Waals surface area (Å²) in [6, 6.07) is -0.195. The number of carboxylic acid groups (broad SMARTS) is 1. The maximum Gasteiger partial charge on any atom is 0.319 e. The Hall–Kier alpha value is -1.79. The van der Waals surface area contributed by atoms with Gasteiger partial charge in [0, 0.05) is 32.6 Å². The summed E-state index contributed by atoms with van der Waals surface area (Å²) in [5, 5.41) is 8.55. The molecule has 0 radical (unpaired) electrons. The number of nitrogens with zero attached hydrogens (tertiary/aromatic N) is 2. The van der Waals surface area contributed by atoms with Gasteiger partial charge in [-0.15, -0.1) is 0 Å². The van der Waals surface area contributed by atoms with Crippen LogP contribution in [0.2, 0.25) is 0 Å². The molecule has 3 N–H and O–H groups in total. The van der Waals surface area contributed by atoms with Crippen LogP contribution in [0, 0.1) is 5.92 Å². The average Bonchev–Trinajstić information content (AvgIpc) is 2.35. The number of hydrogen-bond acceptors (Lipinski definition) is 3. The van der Waals surface area contributed by atoms with Crippen LogP contribution in [0.15, 0.2) is 0 Å². The number of primary amides is 1. The van der Waals surface area contributed by atoms with Gasteiger partial charge in [0.05, 0.1) is 6.42 Å². The number of rotatable bonds is 4. The van der Waals surface area contributed by atoms with Crippen molar-refractivity contribution in [3.05, 3.63) is 0 Å². The molecule has 102 valence electrons. The Morgan fingerprint density at radius 2 is 1.89 bits per heavy atom. The smallest absolute Gasteiger partial charge is 0.319 e. The fourth-order valence-electron chi connectivity index (χ4n) is 1.96. The van der Waals surface area contributed by atoms with Gasteiger partial charge in [-0.2, -0.15) is 0 Å². The fourth-order valence-corrected chi connectivity index (χ4v) is 1.96. The molecule has 0 bridgehead atoms. The summed E-state index contributed by atoms with van der Waals surface area (Å²) in [6.07, 6.45) is 1.08. The Balaban J connectivity index is 2.39. The van der Waals surface area contributed by atoms with Crippen LogP contribution in [0.5, 0.6) is 0 Å². The van der Waals surface area contributed by atoms with Gasteiger partial charge in [0.25, 0.3) is 0 Å². The van der Waals surface area contributed by atoms with Gasteiger partial charge < -0.3 is 20.6 Å². The van der Waals surface area contributed by atoms with Crippen molar-refractivity contribution in [2.45, 2.75) is 19.3 Å². The molecular weight excluding hydrogens is 238 g/mol. The third-order valence-corrected chi connectivity index (χ3v) is 3.16. The van der Waals surface area contributed by atoms with E-state index in [9.17, 15) is 14.4 Å². The highest BCUT2D eigenvalue weighted by Crippen LogP contribution is 2.17. The van der Waals surface area contributed by atoms with Gasteiger partial charge in [0.1, 0.15) is 0 Å². The topological polar surface area (TPSA) is 104 Å². The normalized spacial score (nSPS) is 16.4. The molecule has 0 aliphatic carbocycles. The second-order valence-corrected chi connectivity index (χ2v) is 4.51. The maximum absolute atomic E-state index is 11.9. The lowest BCUT2D eigenvalue weighted by Gasteiger charge is -2.33. The van der Waals surface area contributed by atoms with E-state index in [2.05, 4.69) is 0 Å². The first-order valence-electron chi connectivity index (χ1n) is 5.93. The Labute approximate surface area is 106 Å². The van der Waals surface area contributed by atoms with Gasteiger partial charge in [-0.25, -0.2) is 4.79 Å². The van der Waals surface area contributed by atoms with Crippen molar-refractivity contribution in [1.29, 1.82) is 0 Å². The number of carbonyl (C=O) groups excluding carboxylic acids is 2. The number of piperidine rings is 1. The summed E-state index contributed by atoms with van der Waals surface area (Å²) in [7, 11) is 1.57. The van der Waals surface area contributed by atoms with Crippen LogP contribution in [0.1, 0.15) is 19.3 Å². The van der Waals surface area contributed by atoms with Crippen molar-refractivity contribution in [2.75, 3.05) is 26.7 Å². The highest BCUT2D eigenvalue weighted by atomic mass is 16.4. The zero-order valence-corrected chi connectivity index (χ0v) is 10.5. The number of carboxylic acids is 1. The molecule has 0 aromatic rings. The molecular formula is C11H19N3O4. The molecule has 3 amide bonds. The van der Waals surface area contributed by atoms with Crippen LogP contribution in [-0.4, -0.2) is 59.5 Å². The molecule has 1 rings (SSSR count). The van der Waals surface area contributed by atoms with Gasteiger partial charge >= 0.3 is 12.0 Å². The number of hydrogen-bond donors (Lipinski definition) is 2. The molecule has 1 aliphatic heterocycles. The lowest BCUT2D eigenvalue weighted by molar-refractivity contribution is -0.137. The number of carbonyl (C=O) groups is 3. The van der Waals surface area contributed by atoms with Crippen LogP contribution in [0.4, 0.5) is 4.79 Å². The van der Waals surface area contributed by atoms with Crippen molar-refractivity contribution in [3.63, 3.8) is 0 Å². The van der Waals surface area contributed by atoms with E-state index in [-0.39, 0.29) is 30.8 Å². The molecule has 1 fully saturated rings. The van der Waals surface area contributed by atoms with E-state index in [0.29, 0.717) is 25.9 Å². The van der Waals surface area contributed by atoms with Crippen molar-refractivity contribution in [2.24, 2.45) is 11.7 Å². The molecule has 0 aromatic heterocycles. The average molecular weight is 257 g/mol. The number of amides is 3. The molecule has 1 heterocycles. The van der Waals surface area contributed by atoms with Gasteiger partial charge in [-0.05, 0) is 12.8 Å². The Kier molecular flexibility index (Phi) is 4.94. The van der Waals surface area contributed by atoms with Gasteiger partial charge in [-0.1, -0.05) is 0 Å². The minimum atomic E-state index is -0.929. The van der Waals surface area contributed by atoms with Crippen molar-refractivity contribution >= 4 is 17.9 Å². The first kappa shape index (κ1) is 14.3. The predicted octanol–water partition coefficient (Wildman–Crippen LogP) is -0.290. The van der Waals surface area contributed by atoms with Crippen LogP contribution in [-0.2, 0) is 9.59 Å². The third-order valence-electron chi connectivity index (χ3n) is 3.16. The Morgan fingerprint density at radius 1 is 1.33 bits per heavy atom. The van der Waals surface area contributed by atoms with Crippen LogP contribution in [0.3, 0.4) is 0 Å². The lowest BCUT2D eigenvalue weighted by atomic mass is 9.96. The second-order valence-electron chi connectivity index (χ2n) is 4.51. The molecule has 0 atom stereocenters. The summed E-state index contributed by atoms with van der Waals surface area (Å²) in [4.78, 5) is 36.3. The summed E-state index contributed by atoms with van der Waals surface area (Å²) in [5.41, 5.74) is 5.21. The quantitative estimate of drug-likeness (QED) is 0.722. The number of urea groups is 1. The SMILES string of the molecule is CN(CCC(=O)O)C(=O)N1CCC(C(N)=O)CC1. The lowest BCUT2D eigenvalue weighted by Crippen LogP contribution is -2.47. The third kappa shape index (κ3) is 3.90. The fraction of sp³-hybridized carbons (Fsp3) is 0.727. The van der Waals surface area contributed by atoms with Gasteiger partial charge in [0.2, 0.25) is 5.91 Å². The Morgan fingerprint density at radius 3 is 2.33 bits per heavy atom. The zero-order valence-electron chi connectivity index (χ0n) is 10.5. The first-order valence-corrected chi connectivity index (χ1v) is 5.93. The number of likely N-dealkylation sites (tertiary alicyclic amines) is 1. The van der Waals surface area contributed by atoms with Crippen LogP contribution < -0.4 is 5.73 Å². The summed E-state index contributed by atoms with van der Waals surface area (Å²) < 4.78 is 0. The molecule has 7 heteroatoms. The van der Waals surface area contributed by atoms with E-state index in [0.717, 1.165) is 0 Å². The molecule has 0 spiro atoms. The van der Waals surface area contributed by atoms with E-state index in [1.54, 1.807) is 11.9 Å². The van der Waals surface area contributed by atoms with Crippen molar-refractivity contribution < 1.29 is 19.5 Å². The van der Waals surface area contributed by atoms with E-state index < -0.39 is 5.97 Å². The molecule has 18 heavy (non-hydrogen) atoms. The van der Waals surface area contributed by atoms with Crippen LogP contribution in [0.25, 0.3) is 0 Å². The summed E-state index contributed by atoms with van der Waals surface area (Å²) >= 11 is 0. The van der Waals surface area contributed by atoms with E-state index in [1.807, 2.05) is 0 Å². The predicted molar refractivity (Wildman–Crippen MR) is 63.8 cm³/mol. The van der Waals surface area contributed by atoms with Crippen molar-refractivity contribution in [1.82, 2.24) is 9.80 Å². The largest absolute Gasteiger partial charge is 0.481 e. The first-order chi connectivity index (χ1) is 8.41.